The summed E-state index contributed by atoms with van der Waals surface area (Å²) in [5.74, 6) is 0.972. The van der Waals surface area contributed by atoms with Crippen molar-refractivity contribution in [2.75, 3.05) is 19.0 Å². The van der Waals surface area contributed by atoms with Crippen molar-refractivity contribution >= 4 is 11.9 Å². The monoisotopic (exact) mass is 199 g/mol. The van der Waals surface area contributed by atoms with Gasteiger partial charge in [-0.2, -0.15) is 5.10 Å². The summed E-state index contributed by atoms with van der Waals surface area (Å²) in [6.07, 6.45) is -0.520. The molecule has 0 radical (unpaired) electrons. The van der Waals surface area contributed by atoms with Gasteiger partial charge in [-0.05, 0) is 6.92 Å². The molecule has 6 heteroatoms. The second kappa shape index (κ2) is 4.50. The molecule has 0 aliphatic rings. The molecule has 0 unspecified atom stereocenters. The van der Waals surface area contributed by atoms with Crippen molar-refractivity contribution in [1.82, 2.24) is 9.78 Å². The molecule has 0 aromatic carbocycles. The van der Waals surface area contributed by atoms with Crippen LogP contribution in [0, 0.1) is 0 Å². The number of aryl methyl sites for hydroxylation is 1. The molecule has 0 saturated carbocycles. The molecule has 1 amide bonds. The Morgan fingerprint density at radius 3 is 2.93 bits per heavy atom. The van der Waals surface area contributed by atoms with E-state index < -0.39 is 6.09 Å². The minimum atomic E-state index is -0.520. The van der Waals surface area contributed by atoms with Crippen LogP contribution in [0.5, 0.6) is 5.88 Å². The molecular weight excluding hydrogens is 186 g/mol. The highest BCUT2D eigenvalue weighted by atomic mass is 16.5. The van der Waals surface area contributed by atoms with Crippen LogP contribution >= 0.6 is 0 Å². The smallest absolute Gasteiger partial charge is 0.412 e. The van der Waals surface area contributed by atoms with Crippen molar-refractivity contribution in [3.63, 3.8) is 0 Å². The Hall–Kier alpha value is -1.72. The highest BCUT2D eigenvalue weighted by molar-refractivity contribution is 5.83. The number of amides is 1. The van der Waals surface area contributed by atoms with Gasteiger partial charge in [0.2, 0.25) is 5.88 Å². The fraction of sp³-hybridized carbons (Fsp3) is 0.500. The SMILES string of the molecule is CCOC(=O)Nc1cc(OC)n(C)n1. The number of anilines is 1. The number of carbonyl (C=O) groups excluding carboxylic acids is 1. The molecule has 1 N–H and O–H groups in total. The molecule has 0 spiro atoms. The van der Waals surface area contributed by atoms with Crippen LogP contribution < -0.4 is 10.1 Å². The summed E-state index contributed by atoms with van der Waals surface area (Å²) in [6.45, 7) is 2.06. The summed E-state index contributed by atoms with van der Waals surface area (Å²) >= 11 is 0. The lowest BCUT2D eigenvalue weighted by Crippen LogP contribution is -2.13. The molecule has 0 bridgehead atoms. The van der Waals surface area contributed by atoms with Crippen molar-refractivity contribution in [1.29, 1.82) is 0 Å². The lowest BCUT2D eigenvalue weighted by Gasteiger charge is -2.00. The molecule has 0 aliphatic heterocycles. The third-order valence-corrected chi connectivity index (χ3v) is 1.55. The Kier molecular flexibility index (Phi) is 3.33. The largest absolute Gasteiger partial charge is 0.481 e. The van der Waals surface area contributed by atoms with Crippen LogP contribution in [0.25, 0.3) is 0 Å². The van der Waals surface area contributed by atoms with Crippen LogP contribution in [0.15, 0.2) is 6.07 Å². The second-order valence-electron chi connectivity index (χ2n) is 2.54. The van der Waals surface area contributed by atoms with E-state index in [2.05, 4.69) is 15.2 Å². The number of aromatic nitrogens is 2. The lowest BCUT2D eigenvalue weighted by atomic mass is 10.6. The van der Waals surface area contributed by atoms with Crippen LogP contribution in [0.2, 0.25) is 0 Å². The van der Waals surface area contributed by atoms with Crippen LogP contribution in [0.1, 0.15) is 6.92 Å². The van der Waals surface area contributed by atoms with Gasteiger partial charge in [-0.1, -0.05) is 0 Å². The summed E-state index contributed by atoms with van der Waals surface area (Å²) in [6, 6.07) is 1.61. The average molecular weight is 199 g/mol. The van der Waals surface area contributed by atoms with Gasteiger partial charge in [0.1, 0.15) is 0 Å². The first-order valence-corrected chi connectivity index (χ1v) is 4.19. The molecule has 0 atom stereocenters. The van der Waals surface area contributed by atoms with Crippen molar-refractivity contribution in [2.24, 2.45) is 7.05 Å². The fourth-order valence-corrected chi connectivity index (χ4v) is 0.974. The van der Waals surface area contributed by atoms with E-state index in [1.54, 1.807) is 20.0 Å². The number of hydrogen-bond donors (Lipinski definition) is 1. The summed E-state index contributed by atoms with van der Waals surface area (Å²) < 4.78 is 11.2. The van der Waals surface area contributed by atoms with E-state index in [0.717, 1.165) is 0 Å². The zero-order valence-electron chi connectivity index (χ0n) is 8.40. The maximum atomic E-state index is 11.0. The first kappa shape index (κ1) is 10.4. The Morgan fingerprint density at radius 2 is 2.43 bits per heavy atom. The van der Waals surface area contributed by atoms with Crippen molar-refractivity contribution in [3.8, 4) is 5.88 Å². The predicted octanol–water partition coefficient (Wildman–Crippen LogP) is 0.997. The van der Waals surface area contributed by atoms with Gasteiger partial charge in [0, 0.05) is 13.1 Å². The van der Waals surface area contributed by atoms with E-state index in [9.17, 15) is 4.79 Å². The summed E-state index contributed by atoms with van der Waals surface area (Å²) in [7, 11) is 3.25. The predicted molar refractivity (Wildman–Crippen MR) is 50.4 cm³/mol. The number of methoxy groups -OCH3 is 1. The normalized spacial score (nSPS) is 9.64. The third-order valence-electron chi connectivity index (χ3n) is 1.55. The van der Waals surface area contributed by atoms with Gasteiger partial charge >= 0.3 is 6.09 Å². The molecule has 78 valence electrons. The Bertz CT molecular complexity index is 322. The number of carbonyl (C=O) groups is 1. The van der Waals surface area contributed by atoms with Gasteiger partial charge in [-0.25, -0.2) is 9.48 Å². The first-order valence-electron chi connectivity index (χ1n) is 4.19. The second-order valence-corrected chi connectivity index (χ2v) is 2.54. The number of rotatable bonds is 3. The van der Waals surface area contributed by atoms with Gasteiger partial charge in [0.25, 0.3) is 0 Å². The molecule has 1 aromatic heterocycles. The van der Waals surface area contributed by atoms with Crippen molar-refractivity contribution in [2.45, 2.75) is 6.92 Å². The maximum Gasteiger partial charge on any atom is 0.412 e. The number of nitrogens with zero attached hydrogens (tertiary/aromatic N) is 2. The van der Waals surface area contributed by atoms with Gasteiger partial charge in [0.15, 0.2) is 5.82 Å². The van der Waals surface area contributed by atoms with Crippen LogP contribution in [-0.4, -0.2) is 29.6 Å². The Labute approximate surface area is 81.8 Å². The molecule has 0 fully saturated rings. The molecule has 14 heavy (non-hydrogen) atoms. The molecule has 1 heterocycles. The molecule has 1 rings (SSSR count). The first-order chi connectivity index (χ1) is 6.67. The van der Waals surface area contributed by atoms with Gasteiger partial charge < -0.3 is 9.47 Å². The summed E-state index contributed by atoms with van der Waals surface area (Å²) in [5.41, 5.74) is 0. The molecule has 0 aliphatic carbocycles. The van der Waals surface area contributed by atoms with E-state index in [-0.39, 0.29) is 0 Å². The number of ether oxygens (including phenoxy) is 2. The summed E-state index contributed by atoms with van der Waals surface area (Å²) in [5, 5.41) is 6.45. The molecular formula is C8H13N3O3. The average Bonchev–Trinajstić information content (AvgIpc) is 2.46. The van der Waals surface area contributed by atoms with Gasteiger partial charge in [-0.3, -0.25) is 5.32 Å². The van der Waals surface area contributed by atoms with Crippen molar-refractivity contribution < 1.29 is 14.3 Å². The number of hydrogen-bond acceptors (Lipinski definition) is 4. The van der Waals surface area contributed by atoms with Crippen molar-refractivity contribution in [3.05, 3.63) is 6.07 Å². The van der Waals surface area contributed by atoms with Gasteiger partial charge in [-0.15, -0.1) is 0 Å². The Balaban J connectivity index is 2.63. The topological polar surface area (TPSA) is 65.4 Å². The fourth-order valence-electron chi connectivity index (χ4n) is 0.974. The highest BCUT2D eigenvalue weighted by Crippen LogP contribution is 2.14. The van der Waals surface area contributed by atoms with E-state index in [0.29, 0.717) is 18.3 Å². The van der Waals surface area contributed by atoms with E-state index in [1.165, 1.54) is 11.8 Å². The number of nitrogens with one attached hydrogen (secondary N) is 1. The zero-order chi connectivity index (χ0) is 10.6. The lowest BCUT2D eigenvalue weighted by molar-refractivity contribution is 0.168. The van der Waals surface area contributed by atoms with Gasteiger partial charge in [0.05, 0.1) is 13.7 Å². The maximum absolute atomic E-state index is 11.0. The van der Waals surface area contributed by atoms with E-state index >= 15 is 0 Å². The molecule has 6 nitrogen and oxygen atoms in total. The van der Waals surface area contributed by atoms with E-state index in [1.807, 2.05) is 0 Å². The van der Waals surface area contributed by atoms with Crippen LogP contribution in [0.3, 0.4) is 0 Å². The van der Waals surface area contributed by atoms with Crippen LogP contribution in [-0.2, 0) is 11.8 Å². The third kappa shape index (κ3) is 2.38. The molecule has 1 aromatic rings. The highest BCUT2D eigenvalue weighted by Gasteiger charge is 2.08. The quantitative estimate of drug-likeness (QED) is 0.788. The van der Waals surface area contributed by atoms with E-state index in [4.69, 9.17) is 4.74 Å². The summed E-state index contributed by atoms with van der Waals surface area (Å²) in [4.78, 5) is 11.0. The van der Waals surface area contributed by atoms with Crippen LogP contribution in [0.4, 0.5) is 10.6 Å². The Morgan fingerprint density at radius 1 is 1.71 bits per heavy atom. The zero-order valence-corrected chi connectivity index (χ0v) is 8.40. The molecule has 0 saturated heterocycles. The minimum Gasteiger partial charge on any atom is -0.481 e. The minimum absolute atomic E-state index is 0.329. The standard InChI is InChI=1S/C8H13N3O3/c1-4-14-8(12)9-6-5-7(13-3)11(2)10-6/h5H,4H2,1-3H3,(H,9,10,12).